The van der Waals surface area contributed by atoms with Crippen molar-refractivity contribution in [2.24, 2.45) is 0 Å². The Bertz CT molecular complexity index is 696. The van der Waals surface area contributed by atoms with Gasteiger partial charge in [0.05, 0.1) is 30.3 Å². The SMILES string of the molecule is COc1ccccc1C(C)NC(=O)c1cc(Cl)c(OC)c(Cl)c1. The van der Waals surface area contributed by atoms with Crippen molar-refractivity contribution in [2.75, 3.05) is 14.2 Å². The summed E-state index contributed by atoms with van der Waals surface area (Å²) < 4.78 is 10.4. The molecule has 122 valence electrons. The Morgan fingerprint density at radius 2 is 1.70 bits per heavy atom. The molecule has 1 unspecified atom stereocenters. The number of halogens is 2. The third-order valence-electron chi connectivity index (χ3n) is 3.42. The van der Waals surface area contributed by atoms with Crippen LogP contribution < -0.4 is 14.8 Å². The molecule has 0 heterocycles. The standard InChI is InChI=1S/C17H17Cl2NO3/c1-10(12-6-4-5-7-15(12)22-2)20-17(21)11-8-13(18)16(23-3)14(19)9-11/h4-10H,1-3H3,(H,20,21). The maximum absolute atomic E-state index is 12.4. The molecule has 0 fully saturated rings. The van der Waals surface area contributed by atoms with E-state index in [1.807, 2.05) is 31.2 Å². The molecule has 2 aromatic carbocycles. The van der Waals surface area contributed by atoms with Gasteiger partial charge in [-0.05, 0) is 25.1 Å². The van der Waals surface area contributed by atoms with Gasteiger partial charge in [-0.25, -0.2) is 0 Å². The molecule has 0 aliphatic heterocycles. The maximum atomic E-state index is 12.4. The lowest BCUT2D eigenvalue weighted by Gasteiger charge is -2.17. The van der Waals surface area contributed by atoms with E-state index in [1.54, 1.807) is 7.11 Å². The van der Waals surface area contributed by atoms with Crippen LogP contribution in [0.5, 0.6) is 11.5 Å². The van der Waals surface area contributed by atoms with Crippen molar-refractivity contribution in [1.82, 2.24) is 5.32 Å². The van der Waals surface area contributed by atoms with E-state index in [2.05, 4.69) is 5.32 Å². The van der Waals surface area contributed by atoms with Crippen LogP contribution in [0.1, 0.15) is 28.9 Å². The zero-order chi connectivity index (χ0) is 17.0. The number of ether oxygens (including phenoxy) is 2. The minimum Gasteiger partial charge on any atom is -0.496 e. The number of hydrogen-bond donors (Lipinski definition) is 1. The van der Waals surface area contributed by atoms with E-state index >= 15 is 0 Å². The molecule has 0 aromatic heterocycles. The second kappa shape index (κ2) is 7.57. The first-order chi connectivity index (χ1) is 11.0. The molecular formula is C17H17Cl2NO3. The molecule has 1 N–H and O–H groups in total. The Labute approximate surface area is 145 Å². The first-order valence-corrected chi connectivity index (χ1v) is 7.70. The minimum atomic E-state index is -0.283. The number of amides is 1. The molecule has 0 spiro atoms. The highest BCUT2D eigenvalue weighted by Gasteiger charge is 2.17. The third kappa shape index (κ3) is 3.89. The number of carbonyl (C=O) groups excluding carboxylic acids is 1. The molecule has 1 amide bonds. The zero-order valence-electron chi connectivity index (χ0n) is 13.0. The van der Waals surface area contributed by atoms with Gasteiger partial charge in [-0.1, -0.05) is 41.4 Å². The molecule has 0 saturated heterocycles. The molecule has 0 radical (unpaired) electrons. The number of rotatable bonds is 5. The van der Waals surface area contributed by atoms with Crippen molar-refractivity contribution in [3.8, 4) is 11.5 Å². The second-order valence-corrected chi connectivity index (χ2v) is 5.72. The minimum absolute atomic E-state index is 0.238. The number of hydrogen-bond acceptors (Lipinski definition) is 3. The zero-order valence-corrected chi connectivity index (χ0v) is 14.5. The Balaban J connectivity index is 2.22. The predicted molar refractivity (Wildman–Crippen MR) is 91.9 cm³/mol. The molecule has 6 heteroatoms. The molecule has 23 heavy (non-hydrogen) atoms. The molecule has 2 aromatic rings. The van der Waals surface area contributed by atoms with E-state index in [4.69, 9.17) is 32.7 Å². The van der Waals surface area contributed by atoms with Gasteiger partial charge in [-0.3, -0.25) is 4.79 Å². The van der Waals surface area contributed by atoms with Crippen LogP contribution in [0.2, 0.25) is 10.0 Å². The molecule has 1 atom stereocenters. The van der Waals surface area contributed by atoms with Gasteiger partial charge in [0.15, 0.2) is 5.75 Å². The highest BCUT2D eigenvalue weighted by Crippen LogP contribution is 2.34. The fourth-order valence-corrected chi connectivity index (χ4v) is 2.91. The van der Waals surface area contributed by atoms with E-state index in [9.17, 15) is 4.79 Å². The van der Waals surface area contributed by atoms with Gasteiger partial charge in [0.1, 0.15) is 5.75 Å². The summed E-state index contributed by atoms with van der Waals surface area (Å²) in [5, 5.41) is 3.48. The van der Waals surface area contributed by atoms with E-state index < -0.39 is 0 Å². The summed E-state index contributed by atoms with van der Waals surface area (Å²) in [5.74, 6) is 0.781. The number of carbonyl (C=O) groups is 1. The van der Waals surface area contributed by atoms with E-state index in [1.165, 1.54) is 19.2 Å². The molecule has 2 rings (SSSR count). The fraction of sp³-hybridized carbons (Fsp3) is 0.235. The van der Waals surface area contributed by atoms with Gasteiger partial charge >= 0.3 is 0 Å². The van der Waals surface area contributed by atoms with Crippen LogP contribution in [-0.4, -0.2) is 20.1 Å². The Hall–Kier alpha value is -1.91. The first kappa shape index (κ1) is 17.4. The van der Waals surface area contributed by atoms with E-state index in [0.29, 0.717) is 17.1 Å². The fourth-order valence-electron chi connectivity index (χ4n) is 2.27. The average molecular weight is 354 g/mol. The second-order valence-electron chi connectivity index (χ2n) is 4.91. The Morgan fingerprint density at radius 3 is 2.26 bits per heavy atom. The molecule has 0 aliphatic carbocycles. The quantitative estimate of drug-likeness (QED) is 0.860. The highest BCUT2D eigenvalue weighted by atomic mass is 35.5. The molecule has 4 nitrogen and oxygen atoms in total. The van der Waals surface area contributed by atoms with E-state index in [0.717, 1.165) is 5.56 Å². The normalized spacial score (nSPS) is 11.7. The maximum Gasteiger partial charge on any atom is 0.251 e. The smallest absolute Gasteiger partial charge is 0.251 e. The molecule has 0 bridgehead atoms. The van der Waals surface area contributed by atoms with Crippen LogP contribution in [-0.2, 0) is 0 Å². The van der Waals surface area contributed by atoms with Crippen molar-refractivity contribution >= 4 is 29.1 Å². The number of para-hydroxylation sites is 1. The van der Waals surface area contributed by atoms with Crippen LogP contribution in [0.15, 0.2) is 36.4 Å². The average Bonchev–Trinajstić information content (AvgIpc) is 2.54. The van der Waals surface area contributed by atoms with Crippen molar-refractivity contribution in [3.05, 3.63) is 57.6 Å². The lowest BCUT2D eigenvalue weighted by Crippen LogP contribution is -2.27. The van der Waals surface area contributed by atoms with Gasteiger partial charge < -0.3 is 14.8 Å². The van der Waals surface area contributed by atoms with Gasteiger partial charge in [-0.2, -0.15) is 0 Å². The Morgan fingerprint density at radius 1 is 1.09 bits per heavy atom. The van der Waals surface area contributed by atoms with Crippen LogP contribution in [0, 0.1) is 0 Å². The van der Waals surface area contributed by atoms with Crippen LogP contribution in [0.25, 0.3) is 0 Å². The largest absolute Gasteiger partial charge is 0.496 e. The van der Waals surface area contributed by atoms with Crippen LogP contribution >= 0.6 is 23.2 Å². The Kier molecular flexibility index (Phi) is 5.74. The highest BCUT2D eigenvalue weighted by molar-refractivity contribution is 6.37. The summed E-state index contributed by atoms with van der Waals surface area (Å²) in [4.78, 5) is 12.4. The van der Waals surface area contributed by atoms with Crippen molar-refractivity contribution in [1.29, 1.82) is 0 Å². The molecule has 0 aliphatic rings. The third-order valence-corrected chi connectivity index (χ3v) is 3.98. The van der Waals surface area contributed by atoms with E-state index in [-0.39, 0.29) is 22.0 Å². The van der Waals surface area contributed by atoms with Gasteiger partial charge in [-0.15, -0.1) is 0 Å². The first-order valence-electron chi connectivity index (χ1n) is 6.94. The van der Waals surface area contributed by atoms with Crippen LogP contribution in [0.4, 0.5) is 0 Å². The molecule has 0 saturated carbocycles. The van der Waals surface area contributed by atoms with Gasteiger partial charge in [0.2, 0.25) is 0 Å². The monoisotopic (exact) mass is 353 g/mol. The number of nitrogens with one attached hydrogen (secondary N) is 1. The summed E-state index contributed by atoms with van der Waals surface area (Å²) in [6, 6.07) is 10.3. The van der Waals surface area contributed by atoms with Crippen molar-refractivity contribution in [3.63, 3.8) is 0 Å². The summed E-state index contributed by atoms with van der Waals surface area (Å²) >= 11 is 12.1. The molecular weight excluding hydrogens is 337 g/mol. The summed E-state index contributed by atoms with van der Waals surface area (Å²) in [6.45, 7) is 1.88. The lowest BCUT2D eigenvalue weighted by molar-refractivity contribution is 0.0939. The van der Waals surface area contributed by atoms with Crippen molar-refractivity contribution in [2.45, 2.75) is 13.0 Å². The number of benzene rings is 2. The summed E-state index contributed by atoms with van der Waals surface area (Å²) in [7, 11) is 3.06. The van der Waals surface area contributed by atoms with Crippen molar-refractivity contribution < 1.29 is 14.3 Å². The van der Waals surface area contributed by atoms with Crippen LogP contribution in [0.3, 0.4) is 0 Å². The van der Waals surface area contributed by atoms with Gasteiger partial charge in [0, 0.05) is 11.1 Å². The lowest BCUT2D eigenvalue weighted by atomic mass is 10.1. The summed E-state index contributed by atoms with van der Waals surface area (Å²) in [6.07, 6.45) is 0. The topological polar surface area (TPSA) is 47.6 Å². The predicted octanol–water partition coefficient (Wildman–Crippen LogP) is 4.50. The summed E-state index contributed by atoms with van der Waals surface area (Å²) in [5.41, 5.74) is 1.25. The van der Waals surface area contributed by atoms with Gasteiger partial charge in [0.25, 0.3) is 5.91 Å². The number of methoxy groups -OCH3 is 2.